The Labute approximate surface area is 318 Å². The number of nitrogens with two attached hydrogens (primary N) is 2. The molecule has 0 aliphatic carbocycles. The summed E-state index contributed by atoms with van der Waals surface area (Å²) in [6.45, 7) is -0.342. The first-order chi connectivity index (χ1) is 24.7. The van der Waals surface area contributed by atoms with E-state index in [0.29, 0.717) is 5.56 Å². The van der Waals surface area contributed by atoms with Crippen molar-refractivity contribution >= 4 is 88.1 Å². The number of carbonyl (C=O) groups is 7. The van der Waals surface area contributed by atoms with Crippen LogP contribution in [-0.4, -0.2) is 115 Å². The largest absolute Gasteiger partial charge is 0.477 e. The molecule has 4 aliphatic rings. The van der Waals surface area contributed by atoms with Gasteiger partial charge in [-0.15, -0.1) is 34.9 Å². The Kier molecular flexibility index (Phi) is 13.2. The number of benzene rings is 1. The second-order valence-electron chi connectivity index (χ2n) is 11.3. The molecule has 10 N–H and O–H groups in total. The molecule has 22 heteroatoms. The van der Waals surface area contributed by atoms with Crippen molar-refractivity contribution in [3.05, 3.63) is 80.3 Å². The molecule has 2 saturated heterocycles. The molecule has 2 aromatic rings. The minimum Gasteiger partial charge on any atom is -0.477 e. The molecular weight excluding hydrogens is 780 g/mol. The van der Waals surface area contributed by atoms with E-state index in [1.54, 1.807) is 30.3 Å². The average molecular weight is 813 g/mol. The third-order valence-corrected chi connectivity index (χ3v) is 12.1. The Morgan fingerprint density at radius 1 is 1.02 bits per heavy atom. The molecule has 5 amide bonds. The van der Waals surface area contributed by atoms with E-state index in [-0.39, 0.29) is 52.0 Å². The summed E-state index contributed by atoms with van der Waals surface area (Å²) in [5.41, 5.74) is 9.52. The van der Waals surface area contributed by atoms with Gasteiger partial charge in [-0.2, -0.15) is 0 Å². The molecule has 5 atom stereocenters. The number of amides is 5. The van der Waals surface area contributed by atoms with E-state index in [1.165, 1.54) is 42.0 Å². The molecule has 18 nitrogen and oxygen atoms in total. The third kappa shape index (κ3) is 8.15. The Bertz CT molecular complexity index is 1860. The zero-order valence-electron chi connectivity index (χ0n) is 27.5. The summed E-state index contributed by atoms with van der Waals surface area (Å²) in [5.74, 6) is -4.29. The lowest BCUT2D eigenvalue weighted by Gasteiger charge is -2.55. The zero-order chi connectivity index (χ0) is 37.9. The van der Waals surface area contributed by atoms with Gasteiger partial charge in [-0.3, -0.25) is 29.0 Å². The second kappa shape index (κ2) is 17.0. The fourth-order valence-corrected chi connectivity index (χ4v) is 9.35. The van der Waals surface area contributed by atoms with Gasteiger partial charge in [0.05, 0.1) is 11.5 Å². The highest BCUT2D eigenvalue weighted by Crippen LogP contribution is 2.47. The molecule has 0 radical (unpaired) electrons. The first-order valence-corrected chi connectivity index (χ1v) is 18.5. The highest BCUT2D eigenvalue weighted by atomic mass is 35.5. The van der Waals surface area contributed by atoms with Gasteiger partial charge in [0.25, 0.3) is 17.5 Å². The number of halogens is 1. The van der Waals surface area contributed by atoms with E-state index in [4.69, 9.17) is 27.8 Å². The van der Waals surface area contributed by atoms with Crippen LogP contribution in [-0.2, 0) is 44.7 Å². The van der Waals surface area contributed by atoms with Crippen LogP contribution in [0.2, 0.25) is 0 Å². The summed E-state index contributed by atoms with van der Waals surface area (Å²) in [6.07, 6.45) is -0.973. The number of rotatable bonds is 11. The van der Waals surface area contributed by atoms with Crippen LogP contribution in [0.15, 0.2) is 69.8 Å². The number of nitrogens with zero attached hydrogens (tertiary/aromatic N) is 2. The number of aliphatic carboxylic acids is 2. The highest BCUT2D eigenvalue weighted by Gasteiger charge is 2.66. The van der Waals surface area contributed by atoms with E-state index in [0.717, 1.165) is 14.7 Å². The summed E-state index contributed by atoms with van der Waals surface area (Å²) < 4.78 is 10.0. The average Bonchev–Trinajstić information content (AvgIpc) is 3.64. The van der Waals surface area contributed by atoms with Gasteiger partial charge in [0, 0.05) is 29.1 Å². The summed E-state index contributed by atoms with van der Waals surface area (Å²) in [6, 6.07) is 10.7. The maximum Gasteiger partial charge on any atom is 0.404 e. The number of fused-ring (bicyclic) bond motifs is 2. The van der Waals surface area contributed by atoms with Crippen LogP contribution in [0.25, 0.3) is 0 Å². The van der Waals surface area contributed by atoms with Gasteiger partial charge in [0.15, 0.2) is 0 Å². The molecule has 4 aliphatic heterocycles. The number of carboxylic acids is 2. The zero-order valence-corrected chi connectivity index (χ0v) is 30.7. The van der Waals surface area contributed by atoms with E-state index in [9.17, 15) is 43.8 Å². The van der Waals surface area contributed by atoms with Crippen LogP contribution in [0, 0.1) is 0 Å². The third-order valence-electron chi connectivity index (χ3n) is 8.13. The Balaban J connectivity index is 0.000000235. The minimum atomic E-state index is -1.66. The highest BCUT2D eigenvalue weighted by molar-refractivity contribution is 8.00. The predicted molar refractivity (Wildman–Crippen MR) is 192 cm³/mol. The molecule has 0 saturated carbocycles. The number of primary amides is 1. The van der Waals surface area contributed by atoms with Gasteiger partial charge < -0.3 is 47.3 Å². The second-order valence-corrected chi connectivity index (χ2v) is 15.0. The van der Waals surface area contributed by atoms with Crippen LogP contribution < -0.4 is 22.1 Å². The number of thioether (sulfide) groups is 2. The molecular formula is C31H33ClN6O12S3. The fourth-order valence-electron chi connectivity index (χ4n) is 5.67. The molecule has 0 spiro atoms. The lowest BCUT2D eigenvalue weighted by atomic mass is 9.98. The number of hydrogen-bond acceptors (Lipinski definition) is 13. The van der Waals surface area contributed by atoms with Gasteiger partial charge in [0.2, 0.25) is 11.8 Å². The number of nitrogens with one attached hydrogen (secondary N) is 2. The van der Waals surface area contributed by atoms with Gasteiger partial charge in [-0.25, -0.2) is 14.4 Å². The Morgan fingerprint density at radius 2 is 1.70 bits per heavy atom. The maximum atomic E-state index is 12.8. The quantitative estimate of drug-likeness (QED) is 0.128. The molecule has 1 aromatic heterocycles. The van der Waals surface area contributed by atoms with E-state index in [2.05, 4.69) is 15.4 Å². The van der Waals surface area contributed by atoms with Crippen molar-refractivity contribution in [3.8, 4) is 0 Å². The van der Waals surface area contributed by atoms with Gasteiger partial charge in [-0.1, -0.05) is 48.0 Å². The van der Waals surface area contributed by atoms with Gasteiger partial charge in [0.1, 0.15) is 40.8 Å². The van der Waals surface area contributed by atoms with Crippen molar-refractivity contribution in [3.63, 3.8) is 0 Å². The lowest BCUT2D eigenvalue weighted by molar-refractivity contribution is -0.192. The van der Waals surface area contributed by atoms with Crippen LogP contribution >= 0.6 is 46.5 Å². The number of thiophene rings is 1. The summed E-state index contributed by atoms with van der Waals surface area (Å²) >= 11 is 9.80. The maximum absolute atomic E-state index is 12.8. The molecule has 2 fully saturated rings. The normalized spacial score (nSPS) is 23.4. The molecule has 284 valence electrons. The lowest BCUT2D eigenvalue weighted by Crippen LogP contribution is -2.80. The number of carbonyl (C=O) groups excluding carboxylic acids is 5. The van der Waals surface area contributed by atoms with Crippen LogP contribution in [0.4, 0.5) is 4.79 Å². The summed E-state index contributed by atoms with van der Waals surface area (Å²) in [7, 11) is 1.27. The first-order valence-electron chi connectivity index (χ1n) is 15.1. The van der Waals surface area contributed by atoms with E-state index < -0.39 is 70.2 Å². The minimum absolute atomic E-state index is 0. The van der Waals surface area contributed by atoms with Crippen molar-refractivity contribution in [2.75, 3.05) is 25.2 Å². The standard InChI is InChI=1S/C16H17N3O7S2.C15H14ClN3O4S.H2O/c1-25-16(18-10(20)5-9-3-2-4-27-9)13(23)19-11(12(21)22)8(6-26-15(17)24)7-28-14(16)19;16-8-6-24-14-10(13(21)19(14)11(8)15(22)23)18-12(20)9(17)7-4-2-1-3-5-7;/h2-4,14H,5-7H2,1H3,(H2,17,24)(H,18,20)(H,21,22);1-5,9-10,14H,6,17H2,(H,18,20)(H,22,23);1H2/t14-,16+;9-,10-,14-;/m11./s1. The number of carboxylic acid groups (broad SMARTS) is 2. The number of methoxy groups -OCH3 is 1. The van der Waals surface area contributed by atoms with Crippen molar-refractivity contribution in [1.82, 2.24) is 20.4 Å². The smallest absolute Gasteiger partial charge is 0.404 e. The Morgan fingerprint density at radius 3 is 2.28 bits per heavy atom. The van der Waals surface area contributed by atoms with E-state index >= 15 is 0 Å². The van der Waals surface area contributed by atoms with E-state index in [1.807, 2.05) is 17.5 Å². The topological polar surface area (TPSA) is 292 Å². The summed E-state index contributed by atoms with van der Waals surface area (Å²) in [4.78, 5) is 86.5. The SMILES string of the molecule is CO[C@@]1(NC(=O)Cc2cccs2)C(=O)N2C(C(=O)O)=C(COC(N)=O)CS[C@@H]21.N[C@@H](C(=O)N[C@@H]1C(=O)N2C(C(=O)O)=C(Cl)CS[C@H]12)c1ccccc1.O. The van der Waals surface area contributed by atoms with Gasteiger partial charge >= 0.3 is 18.0 Å². The molecule has 5 heterocycles. The van der Waals surface area contributed by atoms with Gasteiger partial charge in [-0.05, 0) is 17.0 Å². The van der Waals surface area contributed by atoms with Crippen molar-refractivity contribution in [1.29, 1.82) is 0 Å². The monoisotopic (exact) mass is 812 g/mol. The number of hydrogen-bond donors (Lipinski definition) is 6. The molecule has 0 unspecified atom stereocenters. The predicted octanol–water partition coefficient (Wildman–Crippen LogP) is -0.105. The fraction of sp³-hybridized carbons (Fsp3) is 0.323. The molecule has 6 rings (SSSR count). The summed E-state index contributed by atoms with van der Waals surface area (Å²) in [5, 5.41) is 24.7. The van der Waals surface area contributed by atoms with Crippen LogP contribution in [0.5, 0.6) is 0 Å². The van der Waals surface area contributed by atoms with Crippen LogP contribution in [0.1, 0.15) is 16.5 Å². The van der Waals surface area contributed by atoms with Crippen molar-refractivity contribution in [2.45, 2.75) is 35.0 Å². The molecule has 1 aromatic carbocycles. The molecule has 0 bridgehead atoms. The number of β-lactam (4-membered cyclic amide) rings is 2. The van der Waals surface area contributed by atoms with Crippen LogP contribution in [0.3, 0.4) is 0 Å². The number of ether oxygens (including phenoxy) is 2. The van der Waals surface area contributed by atoms with Crippen molar-refractivity contribution < 1.29 is 58.7 Å². The van der Waals surface area contributed by atoms with Crippen molar-refractivity contribution in [2.24, 2.45) is 11.5 Å². The molecule has 53 heavy (non-hydrogen) atoms. The first kappa shape index (κ1) is 41.1. The Hall–Kier alpha value is -4.64.